The molecule has 6 nitrogen and oxygen atoms in total. The molecular formula is C17H16F3NO5S. The number of nitrogens with one attached hydrogen (secondary N) is 1. The molecule has 2 aromatic rings. The van der Waals surface area contributed by atoms with Crippen molar-refractivity contribution in [3.8, 4) is 11.5 Å². The zero-order chi connectivity index (χ0) is 20.1. The summed E-state index contributed by atoms with van der Waals surface area (Å²) in [5.41, 5.74) is 0.848. The third kappa shape index (κ3) is 7.18. The number of hydrogen-bond acceptors (Lipinski definition) is 5. The van der Waals surface area contributed by atoms with Gasteiger partial charge in [-0.2, -0.15) is 21.6 Å². The lowest BCUT2D eigenvalue weighted by Gasteiger charge is -2.09. The van der Waals surface area contributed by atoms with E-state index in [0.29, 0.717) is 18.8 Å². The molecule has 0 aliphatic carbocycles. The molecule has 27 heavy (non-hydrogen) atoms. The smallest absolute Gasteiger partial charge is 0.471 e. The minimum Gasteiger partial charge on any atom is -0.493 e. The lowest BCUT2D eigenvalue weighted by atomic mass is 10.1. The van der Waals surface area contributed by atoms with Crippen LogP contribution in [0.5, 0.6) is 11.5 Å². The lowest BCUT2D eigenvalue weighted by Crippen LogP contribution is -2.29. The van der Waals surface area contributed by atoms with Gasteiger partial charge in [0.15, 0.2) is 0 Å². The van der Waals surface area contributed by atoms with E-state index in [9.17, 15) is 26.4 Å². The van der Waals surface area contributed by atoms with E-state index in [-0.39, 0.29) is 11.4 Å². The average molecular weight is 403 g/mol. The van der Waals surface area contributed by atoms with E-state index >= 15 is 0 Å². The molecule has 0 spiro atoms. The van der Waals surface area contributed by atoms with Crippen molar-refractivity contribution in [2.75, 3.05) is 18.2 Å². The molecule has 0 aliphatic heterocycles. The first-order valence-electron chi connectivity index (χ1n) is 7.62. The van der Waals surface area contributed by atoms with E-state index in [4.69, 9.17) is 8.92 Å². The van der Waals surface area contributed by atoms with Crippen molar-refractivity contribution in [3.63, 3.8) is 0 Å². The average Bonchev–Trinajstić information content (AvgIpc) is 2.56. The Balaban J connectivity index is 1.82. The van der Waals surface area contributed by atoms with Gasteiger partial charge >= 0.3 is 22.2 Å². The largest absolute Gasteiger partial charge is 0.493 e. The maximum absolute atomic E-state index is 12.2. The van der Waals surface area contributed by atoms with Crippen molar-refractivity contribution in [2.45, 2.75) is 12.6 Å². The van der Waals surface area contributed by atoms with Crippen LogP contribution in [0.2, 0.25) is 0 Å². The standard InChI is InChI=1S/C17H16F3NO5S/c1-27(23,24)26-15-8-6-14(7-9-15)25-11-10-12-2-4-13(5-3-12)21-16(22)17(18,19)20/h2-9H,10-11H2,1H3,(H,21,22). The van der Waals surface area contributed by atoms with E-state index < -0.39 is 22.2 Å². The van der Waals surface area contributed by atoms with Crippen LogP contribution in [-0.2, 0) is 21.3 Å². The fourth-order valence-electron chi connectivity index (χ4n) is 2.01. The molecule has 0 fully saturated rings. The van der Waals surface area contributed by atoms with Gasteiger partial charge in [0.2, 0.25) is 0 Å². The fourth-order valence-corrected chi connectivity index (χ4v) is 2.47. The van der Waals surface area contributed by atoms with E-state index in [1.807, 2.05) is 0 Å². The Morgan fingerprint density at radius 3 is 2.07 bits per heavy atom. The summed E-state index contributed by atoms with van der Waals surface area (Å²) in [5, 5.41) is 1.76. The molecule has 10 heteroatoms. The molecule has 0 saturated carbocycles. The van der Waals surface area contributed by atoms with Crippen LogP contribution in [-0.4, -0.2) is 33.4 Å². The van der Waals surface area contributed by atoms with Crippen LogP contribution in [0.3, 0.4) is 0 Å². The van der Waals surface area contributed by atoms with Crippen LogP contribution in [0.15, 0.2) is 48.5 Å². The number of alkyl halides is 3. The van der Waals surface area contributed by atoms with Gasteiger partial charge in [0.05, 0.1) is 12.9 Å². The molecule has 2 rings (SSSR count). The monoisotopic (exact) mass is 403 g/mol. The number of rotatable bonds is 7. The maximum Gasteiger partial charge on any atom is 0.471 e. The van der Waals surface area contributed by atoms with Gasteiger partial charge in [-0.3, -0.25) is 4.79 Å². The molecule has 0 heterocycles. The molecule has 1 amide bonds. The van der Waals surface area contributed by atoms with Crippen molar-refractivity contribution in [3.05, 3.63) is 54.1 Å². The van der Waals surface area contributed by atoms with Crippen LogP contribution >= 0.6 is 0 Å². The summed E-state index contributed by atoms with van der Waals surface area (Å²) in [6.07, 6.45) is -3.51. The van der Waals surface area contributed by atoms with Gasteiger partial charge < -0.3 is 14.2 Å². The zero-order valence-electron chi connectivity index (χ0n) is 14.1. The highest BCUT2D eigenvalue weighted by atomic mass is 32.2. The topological polar surface area (TPSA) is 81.7 Å². The molecule has 146 valence electrons. The van der Waals surface area contributed by atoms with Gasteiger partial charge in [-0.05, 0) is 42.0 Å². The Labute approximate surface area is 154 Å². The first-order chi connectivity index (χ1) is 12.5. The summed E-state index contributed by atoms with van der Waals surface area (Å²) >= 11 is 0. The first-order valence-corrected chi connectivity index (χ1v) is 9.44. The normalized spacial score (nSPS) is 11.7. The number of hydrogen-bond donors (Lipinski definition) is 1. The number of carbonyl (C=O) groups is 1. The Morgan fingerprint density at radius 2 is 1.56 bits per heavy atom. The highest BCUT2D eigenvalue weighted by molar-refractivity contribution is 7.86. The van der Waals surface area contributed by atoms with Crippen molar-refractivity contribution < 1.29 is 35.3 Å². The van der Waals surface area contributed by atoms with Crippen molar-refractivity contribution in [1.82, 2.24) is 0 Å². The van der Waals surface area contributed by atoms with Crippen molar-refractivity contribution in [1.29, 1.82) is 0 Å². The van der Waals surface area contributed by atoms with Crippen LogP contribution in [0.1, 0.15) is 5.56 Å². The molecule has 0 aromatic heterocycles. The minimum absolute atomic E-state index is 0.0449. The molecule has 0 unspecified atom stereocenters. The predicted octanol–water partition coefficient (Wildman–Crippen LogP) is 3.15. The van der Waals surface area contributed by atoms with E-state index in [2.05, 4.69) is 0 Å². The molecule has 0 bridgehead atoms. The summed E-state index contributed by atoms with van der Waals surface area (Å²) in [6.45, 7) is 0.292. The number of ether oxygens (including phenoxy) is 1. The fraction of sp³-hybridized carbons (Fsp3) is 0.235. The summed E-state index contributed by atoms with van der Waals surface area (Å²) in [4.78, 5) is 10.9. The second-order valence-electron chi connectivity index (χ2n) is 5.51. The van der Waals surface area contributed by atoms with Gasteiger partial charge in [-0.1, -0.05) is 12.1 Å². The summed E-state index contributed by atoms with van der Waals surface area (Å²) in [5.74, 6) is -1.35. The number of amides is 1. The highest BCUT2D eigenvalue weighted by Crippen LogP contribution is 2.20. The SMILES string of the molecule is CS(=O)(=O)Oc1ccc(OCCc2ccc(NC(=O)C(F)(F)F)cc2)cc1. The summed E-state index contributed by atoms with van der Waals surface area (Å²) in [7, 11) is -3.59. The number of halogens is 3. The maximum atomic E-state index is 12.2. The van der Waals surface area contributed by atoms with Gasteiger partial charge in [0, 0.05) is 12.1 Å². The third-order valence-corrected chi connectivity index (χ3v) is 3.70. The molecule has 0 saturated heterocycles. The van der Waals surface area contributed by atoms with E-state index in [1.165, 1.54) is 24.3 Å². The number of benzene rings is 2. The Bertz CT molecular complexity index is 878. The predicted molar refractivity (Wildman–Crippen MR) is 92.2 cm³/mol. The minimum atomic E-state index is -4.94. The van der Waals surface area contributed by atoms with Crippen LogP contribution in [0, 0.1) is 0 Å². The Hall–Kier alpha value is -2.75. The van der Waals surface area contributed by atoms with Crippen LogP contribution in [0.25, 0.3) is 0 Å². The molecular weight excluding hydrogens is 387 g/mol. The second-order valence-corrected chi connectivity index (χ2v) is 7.08. The third-order valence-electron chi connectivity index (χ3n) is 3.20. The summed E-state index contributed by atoms with van der Waals surface area (Å²) in [6, 6.07) is 11.9. The van der Waals surface area contributed by atoms with Crippen LogP contribution < -0.4 is 14.2 Å². The van der Waals surface area contributed by atoms with Gasteiger partial charge in [-0.25, -0.2) is 0 Å². The van der Waals surface area contributed by atoms with Crippen LogP contribution in [0.4, 0.5) is 18.9 Å². The van der Waals surface area contributed by atoms with Crippen molar-refractivity contribution >= 4 is 21.7 Å². The van der Waals surface area contributed by atoms with Gasteiger partial charge in [0.1, 0.15) is 11.5 Å². The Morgan fingerprint density at radius 1 is 1.00 bits per heavy atom. The Kier molecular flexibility index (Phi) is 6.32. The number of anilines is 1. The molecule has 0 aliphatic rings. The highest BCUT2D eigenvalue weighted by Gasteiger charge is 2.38. The second kappa shape index (κ2) is 8.30. The molecule has 0 radical (unpaired) electrons. The number of carbonyl (C=O) groups excluding carboxylic acids is 1. The van der Waals surface area contributed by atoms with E-state index in [1.54, 1.807) is 29.6 Å². The quantitative estimate of drug-likeness (QED) is 0.719. The van der Waals surface area contributed by atoms with E-state index in [0.717, 1.165) is 11.8 Å². The molecule has 0 atom stereocenters. The summed E-state index contributed by atoms with van der Waals surface area (Å²) < 4.78 is 68.8. The first kappa shape index (κ1) is 20.6. The van der Waals surface area contributed by atoms with Gasteiger partial charge in [0.25, 0.3) is 0 Å². The molecule has 2 aromatic carbocycles. The lowest BCUT2D eigenvalue weighted by molar-refractivity contribution is -0.167. The molecule has 1 N–H and O–H groups in total. The zero-order valence-corrected chi connectivity index (χ0v) is 14.9. The van der Waals surface area contributed by atoms with Gasteiger partial charge in [-0.15, -0.1) is 0 Å². The van der Waals surface area contributed by atoms with Crippen molar-refractivity contribution in [2.24, 2.45) is 0 Å².